The smallest absolute Gasteiger partial charge is 0.255 e. The molecule has 2 nitrogen and oxygen atoms in total. The number of allylic oxidation sites excluding steroid dienone is 2. The zero-order valence-corrected chi connectivity index (χ0v) is 17.1. The Morgan fingerprint density at radius 1 is 0.808 bits per heavy atom. The van der Waals surface area contributed by atoms with E-state index in [4.69, 9.17) is 0 Å². The van der Waals surface area contributed by atoms with Crippen LogP contribution in [0, 0.1) is 5.41 Å². The lowest BCUT2D eigenvalue weighted by molar-refractivity contribution is 0.102. The van der Waals surface area contributed by atoms with Gasteiger partial charge in [-0.2, -0.15) is 0 Å². The molecule has 26 heavy (non-hydrogen) atoms. The highest BCUT2D eigenvalue weighted by Crippen LogP contribution is 2.25. The van der Waals surface area contributed by atoms with Crippen LogP contribution in [0.25, 0.3) is 5.57 Å². The number of carbonyl (C=O) groups is 1. The van der Waals surface area contributed by atoms with Crippen LogP contribution < -0.4 is 5.32 Å². The van der Waals surface area contributed by atoms with Crippen LogP contribution in [-0.4, -0.2) is 5.91 Å². The fraction of sp³-hybridized carbons (Fsp3) is 0.375. The van der Waals surface area contributed by atoms with E-state index >= 15 is 0 Å². The van der Waals surface area contributed by atoms with Crippen molar-refractivity contribution in [1.29, 1.82) is 0 Å². The molecule has 2 heteroatoms. The van der Waals surface area contributed by atoms with E-state index in [-0.39, 0.29) is 16.7 Å². The maximum Gasteiger partial charge on any atom is 0.255 e. The van der Waals surface area contributed by atoms with Crippen LogP contribution in [0.5, 0.6) is 0 Å². The molecular weight excluding hydrogens is 318 g/mol. The third-order valence-electron chi connectivity index (χ3n) is 4.26. The first-order valence-corrected chi connectivity index (χ1v) is 9.17. The highest BCUT2D eigenvalue weighted by Gasteiger charge is 2.14. The topological polar surface area (TPSA) is 29.1 Å². The third-order valence-corrected chi connectivity index (χ3v) is 4.26. The monoisotopic (exact) mass is 349 g/mol. The van der Waals surface area contributed by atoms with E-state index in [1.807, 2.05) is 36.4 Å². The number of hydrogen-bond donors (Lipinski definition) is 1. The summed E-state index contributed by atoms with van der Waals surface area (Å²) in [5.41, 5.74) is 5.35. The van der Waals surface area contributed by atoms with E-state index in [0.29, 0.717) is 5.56 Å². The lowest BCUT2D eigenvalue weighted by Gasteiger charge is -2.19. The van der Waals surface area contributed by atoms with Gasteiger partial charge < -0.3 is 5.32 Å². The Labute approximate surface area is 158 Å². The highest BCUT2D eigenvalue weighted by molar-refractivity contribution is 6.04. The van der Waals surface area contributed by atoms with Crippen LogP contribution in [0.4, 0.5) is 5.69 Å². The van der Waals surface area contributed by atoms with Crippen molar-refractivity contribution in [2.75, 3.05) is 5.32 Å². The standard InChI is InChI=1S/C24H31NO/c1-17(16-23(2,3)4)18-8-10-19(11-9-18)22(26)25-21-14-12-20(13-15-21)24(5,6)7/h8-16H,1-7H3,(H,25,26)/b17-16+. The molecule has 0 spiro atoms. The molecule has 0 saturated carbocycles. The van der Waals surface area contributed by atoms with Crippen molar-refractivity contribution in [3.63, 3.8) is 0 Å². The number of nitrogens with one attached hydrogen (secondary N) is 1. The van der Waals surface area contributed by atoms with Gasteiger partial charge in [0.25, 0.3) is 5.91 Å². The molecule has 138 valence electrons. The number of amides is 1. The van der Waals surface area contributed by atoms with E-state index in [9.17, 15) is 4.79 Å². The Bertz CT molecular complexity index is 782. The molecule has 0 fully saturated rings. The summed E-state index contributed by atoms with van der Waals surface area (Å²) in [5, 5.41) is 2.97. The first-order chi connectivity index (χ1) is 12.0. The lowest BCUT2D eigenvalue weighted by atomic mass is 9.87. The summed E-state index contributed by atoms with van der Waals surface area (Å²) >= 11 is 0. The molecule has 0 heterocycles. The maximum atomic E-state index is 12.5. The molecule has 2 aromatic rings. The first-order valence-electron chi connectivity index (χ1n) is 9.17. The predicted octanol–water partition coefficient (Wildman–Crippen LogP) is 6.69. The van der Waals surface area contributed by atoms with E-state index in [1.54, 1.807) is 0 Å². The van der Waals surface area contributed by atoms with Crippen molar-refractivity contribution in [1.82, 2.24) is 0 Å². The van der Waals surface area contributed by atoms with Gasteiger partial charge in [0, 0.05) is 11.3 Å². The molecule has 0 aromatic heterocycles. The van der Waals surface area contributed by atoms with Gasteiger partial charge >= 0.3 is 0 Å². The van der Waals surface area contributed by atoms with E-state index in [1.165, 1.54) is 11.1 Å². The summed E-state index contributed by atoms with van der Waals surface area (Å²) in [6.07, 6.45) is 2.25. The van der Waals surface area contributed by atoms with Crippen LogP contribution in [0.15, 0.2) is 54.6 Å². The van der Waals surface area contributed by atoms with Gasteiger partial charge in [0.05, 0.1) is 0 Å². The molecular formula is C24H31NO. The second-order valence-corrected chi connectivity index (χ2v) is 9.05. The lowest BCUT2D eigenvalue weighted by Crippen LogP contribution is -2.13. The zero-order chi connectivity index (χ0) is 19.5. The summed E-state index contributed by atoms with van der Waals surface area (Å²) in [6, 6.07) is 15.8. The molecule has 2 rings (SSSR count). The van der Waals surface area contributed by atoms with Gasteiger partial charge in [-0.3, -0.25) is 4.79 Å². The van der Waals surface area contributed by atoms with Gasteiger partial charge in [0.1, 0.15) is 0 Å². The van der Waals surface area contributed by atoms with Gasteiger partial charge in [-0.05, 0) is 58.7 Å². The number of anilines is 1. The van der Waals surface area contributed by atoms with Gasteiger partial charge in [0.2, 0.25) is 0 Å². The number of hydrogen-bond acceptors (Lipinski definition) is 1. The minimum atomic E-state index is -0.0856. The normalized spacial score (nSPS) is 12.8. The van der Waals surface area contributed by atoms with Gasteiger partial charge in [0.15, 0.2) is 0 Å². The van der Waals surface area contributed by atoms with Crippen LogP contribution in [0.1, 0.15) is 70.0 Å². The molecule has 0 atom stereocenters. The molecule has 0 bridgehead atoms. The Morgan fingerprint density at radius 3 is 1.77 bits per heavy atom. The molecule has 1 N–H and O–H groups in total. The summed E-state index contributed by atoms with van der Waals surface area (Å²) in [4.78, 5) is 12.5. The van der Waals surface area contributed by atoms with Crippen LogP contribution in [0.3, 0.4) is 0 Å². The van der Waals surface area contributed by atoms with Crippen molar-refractivity contribution in [2.24, 2.45) is 5.41 Å². The molecule has 0 radical (unpaired) electrons. The van der Waals surface area contributed by atoms with Gasteiger partial charge in [-0.15, -0.1) is 0 Å². The predicted molar refractivity (Wildman–Crippen MR) is 113 cm³/mol. The summed E-state index contributed by atoms with van der Waals surface area (Å²) in [6.45, 7) is 15.2. The molecule has 0 aliphatic heterocycles. The summed E-state index contributed by atoms with van der Waals surface area (Å²) < 4.78 is 0. The quantitative estimate of drug-likeness (QED) is 0.657. The van der Waals surface area contributed by atoms with Crippen molar-refractivity contribution < 1.29 is 4.79 Å². The maximum absolute atomic E-state index is 12.5. The molecule has 0 unspecified atom stereocenters. The van der Waals surface area contributed by atoms with Gasteiger partial charge in [-0.25, -0.2) is 0 Å². The second kappa shape index (κ2) is 7.49. The van der Waals surface area contributed by atoms with Crippen LogP contribution in [-0.2, 0) is 5.41 Å². The molecule has 2 aromatic carbocycles. The number of benzene rings is 2. The largest absolute Gasteiger partial charge is 0.322 e. The first kappa shape index (κ1) is 20.0. The summed E-state index contributed by atoms with van der Waals surface area (Å²) in [5.74, 6) is -0.0856. The Hall–Kier alpha value is -2.35. The minimum absolute atomic E-state index is 0.0856. The Balaban J connectivity index is 2.10. The van der Waals surface area contributed by atoms with Crippen LogP contribution in [0.2, 0.25) is 0 Å². The fourth-order valence-electron chi connectivity index (χ4n) is 2.87. The number of rotatable bonds is 3. The van der Waals surface area contributed by atoms with Crippen molar-refractivity contribution in [3.8, 4) is 0 Å². The van der Waals surface area contributed by atoms with E-state index < -0.39 is 0 Å². The average molecular weight is 350 g/mol. The average Bonchev–Trinajstić information content (AvgIpc) is 2.53. The van der Waals surface area contributed by atoms with Crippen molar-refractivity contribution in [3.05, 3.63) is 71.3 Å². The van der Waals surface area contributed by atoms with E-state index in [0.717, 1.165) is 11.3 Å². The second-order valence-electron chi connectivity index (χ2n) is 9.05. The molecule has 0 aliphatic rings. The van der Waals surface area contributed by atoms with Gasteiger partial charge in [-0.1, -0.05) is 71.9 Å². The SMILES string of the molecule is C/C(=C\C(C)(C)C)c1ccc(C(=O)Nc2ccc(C(C)(C)C)cc2)cc1. The highest BCUT2D eigenvalue weighted by atomic mass is 16.1. The van der Waals surface area contributed by atoms with E-state index in [2.05, 4.69) is 72.0 Å². The molecule has 0 aliphatic carbocycles. The third kappa shape index (κ3) is 5.59. The van der Waals surface area contributed by atoms with Crippen LogP contribution >= 0.6 is 0 Å². The van der Waals surface area contributed by atoms with Crippen molar-refractivity contribution >= 4 is 17.2 Å². The molecule has 1 amide bonds. The minimum Gasteiger partial charge on any atom is -0.322 e. The molecule has 0 saturated heterocycles. The summed E-state index contributed by atoms with van der Waals surface area (Å²) in [7, 11) is 0. The van der Waals surface area contributed by atoms with Crippen molar-refractivity contribution in [2.45, 2.75) is 53.9 Å². The number of carbonyl (C=O) groups excluding carboxylic acids is 1. The zero-order valence-electron chi connectivity index (χ0n) is 17.1. The Morgan fingerprint density at radius 2 is 1.31 bits per heavy atom. The fourth-order valence-corrected chi connectivity index (χ4v) is 2.87. The Kier molecular flexibility index (Phi) is 5.75.